The van der Waals surface area contributed by atoms with Crippen LogP contribution in [0.4, 0.5) is 5.69 Å². The van der Waals surface area contributed by atoms with Crippen molar-refractivity contribution in [2.45, 2.75) is 46.6 Å². The van der Waals surface area contributed by atoms with E-state index in [4.69, 9.17) is 0 Å². The molecule has 0 bridgehead atoms. The number of nitrogens with zero attached hydrogens (tertiary/aromatic N) is 3. The minimum Gasteiger partial charge on any atom is -0.356 e. The van der Waals surface area contributed by atoms with E-state index in [1.807, 2.05) is 10.9 Å². The van der Waals surface area contributed by atoms with Crippen LogP contribution in [0, 0.1) is 11.8 Å². The largest absolute Gasteiger partial charge is 0.356 e. The van der Waals surface area contributed by atoms with Crippen LogP contribution in [0.3, 0.4) is 0 Å². The third-order valence-corrected chi connectivity index (χ3v) is 3.81. The zero-order valence-corrected chi connectivity index (χ0v) is 13.7. The van der Waals surface area contributed by atoms with Crippen LogP contribution < -0.4 is 10.2 Å². The van der Waals surface area contributed by atoms with Gasteiger partial charge < -0.3 is 10.2 Å². The first kappa shape index (κ1) is 16.5. The molecule has 1 fully saturated rings. The summed E-state index contributed by atoms with van der Waals surface area (Å²) in [5.74, 6) is 0.232. The molecule has 0 unspecified atom stereocenters. The third kappa shape index (κ3) is 4.08. The summed E-state index contributed by atoms with van der Waals surface area (Å²) in [7, 11) is 0. The van der Waals surface area contributed by atoms with Crippen LogP contribution in [0.15, 0.2) is 12.4 Å². The van der Waals surface area contributed by atoms with Crippen LogP contribution in [0.1, 0.15) is 40.0 Å². The summed E-state index contributed by atoms with van der Waals surface area (Å²) >= 11 is 0. The summed E-state index contributed by atoms with van der Waals surface area (Å²) in [6.07, 6.45) is 5.89. The molecule has 0 aromatic carbocycles. The first-order chi connectivity index (χ1) is 10.5. The molecule has 0 spiro atoms. The fraction of sp³-hybridized carbons (Fsp3) is 0.688. The number of aromatic nitrogens is 2. The van der Waals surface area contributed by atoms with Gasteiger partial charge in [0.25, 0.3) is 0 Å². The van der Waals surface area contributed by atoms with E-state index in [0.29, 0.717) is 19.0 Å². The smallest absolute Gasteiger partial charge is 0.227 e. The highest BCUT2D eigenvalue weighted by molar-refractivity contribution is 6.00. The zero-order valence-electron chi connectivity index (χ0n) is 13.7. The molecule has 2 heterocycles. The Morgan fingerprint density at radius 1 is 1.50 bits per heavy atom. The van der Waals surface area contributed by atoms with Gasteiger partial charge in [-0.15, -0.1) is 0 Å². The fourth-order valence-corrected chi connectivity index (χ4v) is 2.63. The molecule has 6 heteroatoms. The number of anilines is 1. The first-order valence-electron chi connectivity index (χ1n) is 8.11. The lowest BCUT2D eigenvalue weighted by atomic mass is 10.1. The normalized spacial score (nSPS) is 18.3. The van der Waals surface area contributed by atoms with Gasteiger partial charge in [-0.2, -0.15) is 5.10 Å². The first-order valence-corrected chi connectivity index (χ1v) is 8.11. The maximum absolute atomic E-state index is 12.2. The molecule has 0 radical (unpaired) electrons. The minimum absolute atomic E-state index is 0.000242. The molecular weight excluding hydrogens is 280 g/mol. The quantitative estimate of drug-likeness (QED) is 0.781. The maximum atomic E-state index is 12.2. The Bertz CT molecular complexity index is 524. The van der Waals surface area contributed by atoms with Crippen LogP contribution in [-0.2, 0) is 16.1 Å². The van der Waals surface area contributed by atoms with Gasteiger partial charge in [-0.25, -0.2) is 0 Å². The van der Waals surface area contributed by atoms with Crippen molar-refractivity contribution in [3.63, 3.8) is 0 Å². The van der Waals surface area contributed by atoms with Crippen LogP contribution in [0.5, 0.6) is 0 Å². The number of rotatable bonds is 7. The van der Waals surface area contributed by atoms with Gasteiger partial charge in [0.05, 0.1) is 17.8 Å². The molecule has 2 rings (SSSR count). The van der Waals surface area contributed by atoms with Crippen molar-refractivity contribution in [1.29, 1.82) is 0 Å². The monoisotopic (exact) mass is 306 g/mol. The molecule has 1 aliphatic rings. The van der Waals surface area contributed by atoms with Crippen LogP contribution in [-0.4, -0.2) is 34.7 Å². The molecule has 1 atom stereocenters. The summed E-state index contributed by atoms with van der Waals surface area (Å²) < 4.78 is 1.85. The molecule has 1 saturated heterocycles. The van der Waals surface area contributed by atoms with Gasteiger partial charge >= 0.3 is 0 Å². The second kappa shape index (κ2) is 7.42. The molecule has 1 aromatic heterocycles. The van der Waals surface area contributed by atoms with Gasteiger partial charge in [-0.3, -0.25) is 14.3 Å². The van der Waals surface area contributed by atoms with Gasteiger partial charge in [0.1, 0.15) is 0 Å². The van der Waals surface area contributed by atoms with Crippen LogP contribution in [0.25, 0.3) is 0 Å². The van der Waals surface area contributed by atoms with E-state index in [0.717, 1.165) is 25.1 Å². The summed E-state index contributed by atoms with van der Waals surface area (Å²) in [4.78, 5) is 25.9. The van der Waals surface area contributed by atoms with E-state index in [9.17, 15) is 9.59 Å². The van der Waals surface area contributed by atoms with Crippen molar-refractivity contribution in [3.05, 3.63) is 12.4 Å². The maximum Gasteiger partial charge on any atom is 0.227 e. The van der Waals surface area contributed by atoms with Crippen LogP contribution in [0.2, 0.25) is 0 Å². The highest BCUT2D eigenvalue weighted by Crippen LogP contribution is 2.25. The molecule has 1 aliphatic heterocycles. The molecule has 0 saturated carbocycles. The SMILES string of the molecule is CCCCNC(=O)[C@@H]1CC(=O)N(c2cnn(CC(C)C)c2)C1. The zero-order chi connectivity index (χ0) is 16.1. The predicted molar refractivity (Wildman–Crippen MR) is 85.4 cm³/mol. The summed E-state index contributed by atoms with van der Waals surface area (Å²) in [6.45, 7) is 8.29. The van der Waals surface area contributed by atoms with E-state index < -0.39 is 0 Å². The fourth-order valence-electron chi connectivity index (χ4n) is 2.63. The average molecular weight is 306 g/mol. The van der Waals surface area contributed by atoms with Gasteiger partial charge in [0, 0.05) is 32.3 Å². The molecule has 122 valence electrons. The summed E-state index contributed by atoms with van der Waals surface area (Å²) in [5.41, 5.74) is 0.787. The van der Waals surface area contributed by atoms with Crippen molar-refractivity contribution in [2.75, 3.05) is 18.0 Å². The molecule has 6 nitrogen and oxygen atoms in total. The topological polar surface area (TPSA) is 67.2 Å². The Morgan fingerprint density at radius 3 is 2.95 bits per heavy atom. The highest BCUT2D eigenvalue weighted by Gasteiger charge is 2.35. The van der Waals surface area contributed by atoms with Crippen LogP contribution >= 0.6 is 0 Å². The molecule has 2 amide bonds. The van der Waals surface area contributed by atoms with Crippen molar-refractivity contribution in [3.8, 4) is 0 Å². The number of unbranched alkanes of at least 4 members (excludes halogenated alkanes) is 1. The van der Waals surface area contributed by atoms with E-state index in [1.165, 1.54) is 0 Å². The molecular formula is C16H26N4O2. The van der Waals surface area contributed by atoms with E-state index in [1.54, 1.807) is 11.1 Å². The van der Waals surface area contributed by atoms with E-state index in [2.05, 4.69) is 31.2 Å². The summed E-state index contributed by atoms with van der Waals surface area (Å²) in [5, 5.41) is 7.20. The number of amides is 2. The standard InChI is InChI=1S/C16H26N4O2/c1-4-5-6-17-16(22)13-7-15(21)20(10-13)14-8-18-19(11-14)9-12(2)3/h8,11-13H,4-7,9-10H2,1-3H3,(H,17,22)/t13-/m1/s1. The molecule has 22 heavy (non-hydrogen) atoms. The lowest BCUT2D eigenvalue weighted by Crippen LogP contribution is -2.33. The second-order valence-corrected chi connectivity index (χ2v) is 6.36. The number of hydrogen-bond acceptors (Lipinski definition) is 3. The number of carbonyl (C=O) groups is 2. The Morgan fingerprint density at radius 2 is 2.27 bits per heavy atom. The lowest BCUT2D eigenvalue weighted by molar-refractivity contribution is -0.126. The Balaban J connectivity index is 1.94. The average Bonchev–Trinajstić information content (AvgIpc) is 3.05. The van der Waals surface area contributed by atoms with Gasteiger partial charge in [0.2, 0.25) is 11.8 Å². The minimum atomic E-state index is -0.252. The Hall–Kier alpha value is -1.85. The second-order valence-electron chi connectivity index (χ2n) is 6.36. The number of hydrogen-bond donors (Lipinski definition) is 1. The van der Waals surface area contributed by atoms with E-state index in [-0.39, 0.29) is 24.2 Å². The number of nitrogens with one attached hydrogen (secondary N) is 1. The molecule has 1 aromatic rings. The number of carbonyl (C=O) groups excluding carboxylic acids is 2. The van der Waals surface area contributed by atoms with Gasteiger partial charge in [0.15, 0.2) is 0 Å². The predicted octanol–water partition coefficient (Wildman–Crippen LogP) is 1.81. The van der Waals surface area contributed by atoms with Crippen molar-refractivity contribution >= 4 is 17.5 Å². The highest BCUT2D eigenvalue weighted by atomic mass is 16.2. The van der Waals surface area contributed by atoms with Crippen molar-refractivity contribution in [2.24, 2.45) is 11.8 Å². The summed E-state index contributed by atoms with van der Waals surface area (Å²) in [6, 6.07) is 0. The van der Waals surface area contributed by atoms with Gasteiger partial charge in [-0.1, -0.05) is 27.2 Å². The van der Waals surface area contributed by atoms with Gasteiger partial charge in [-0.05, 0) is 12.3 Å². The molecule has 0 aliphatic carbocycles. The Labute approximate surface area is 131 Å². The Kier molecular flexibility index (Phi) is 5.57. The van der Waals surface area contributed by atoms with E-state index >= 15 is 0 Å². The molecule has 1 N–H and O–H groups in total. The van der Waals surface area contributed by atoms with Crippen molar-refractivity contribution < 1.29 is 9.59 Å². The lowest BCUT2D eigenvalue weighted by Gasteiger charge is -2.14. The third-order valence-electron chi connectivity index (χ3n) is 3.81. The van der Waals surface area contributed by atoms with Crippen molar-refractivity contribution in [1.82, 2.24) is 15.1 Å².